The average Bonchev–Trinajstić information content (AvgIpc) is 2.66. The van der Waals surface area contributed by atoms with E-state index < -0.39 is 0 Å². The van der Waals surface area contributed by atoms with Gasteiger partial charge in [0.1, 0.15) is 5.75 Å². The van der Waals surface area contributed by atoms with Crippen LogP contribution in [0.5, 0.6) is 5.75 Å². The van der Waals surface area contributed by atoms with Crippen molar-refractivity contribution in [2.24, 2.45) is 0 Å². The van der Waals surface area contributed by atoms with Crippen LogP contribution in [0.15, 0.2) is 54.6 Å². The van der Waals surface area contributed by atoms with Crippen molar-refractivity contribution >= 4 is 0 Å². The summed E-state index contributed by atoms with van der Waals surface area (Å²) in [4.78, 5) is 2.55. The second-order valence-electron chi connectivity index (χ2n) is 6.85. The lowest BCUT2D eigenvalue weighted by Gasteiger charge is -2.26. The summed E-state index contributed by atoms with van der Waals surface area (Å²) >= 11 is 0. The van der Waals surface area contributed by atoms with Gasteiger partial charge in [0.2, 0.25) is 0 Å². The fourth-order valence-electron chi connectivity index (χ4n) is 3.33. The number of hydrogen-bond acceptors (Lipinski definition) is 3. The smallest absolute Gasteiger partial charge is 0.119 e. The Bertz CT molecular complexity index is 608. The van der Waals surface area contributed by atoms with Gasteiger partial charge in [-0.25, -0.2) is 0 Å². The minimum Gasteiger partial charge on any atom is -0.494 e. The van der Waals surface area contributed by atoms with Crippen molar-refractivity contribution in [2.45, 2.75) is 38.8 Å². The van der Waals surface area contributed by atoms with Crippen molar-refractivity contribution in [3.05, 3.63) is 65.7 Å². The molecule has 1 aliphatic rings. The Balaban J connectivity index is 1.33. The minimum absolute atomic E-state index is 0.759. The lowest BCUT2D eigenvalue weighted by molar-refractivity contribution is 0.220. The highest BCUT2D eigenvalue weighted by Gasteiger charge is 2.10. The number of nitrogens with one attached hydrogen (secondary N) is 1. The molecule has 0 aromatic heterocycles. The van der Waals surface area contributed by atoms with Crippen molar-refractivity contribution in [3.63, 3.8) is 0 Å². The number of likely N-dealkylation sites (tertiary alicyclic amines) is 1. The van der Waals surface area contributed by atoms with Crippen molar-refractivity contribution in [2.75, 3.05) is 26.2 Å². The maximum absolute atomic E-state index is 5.93. The number of benzene rings is 2. The van der Waals surface area contributed by atoms with E-state index in [1.807, 2.05) is 0 Å². The lowest BCUT2D eigenvalue weighted by Crippen LogP contribution is -2.29. The summed E-state index contributed by atoms with van der Waals surface area (Å²) in [5.41, 5.74) is 2.69. The normalized spacial score (nSPS) is 15.2. The van der Waals surface area contributed by atoms with Crippen LogP contribution in [0.1, 0.15) is 36.8 Å². The molecule has 1 saturated heterocycles. The van der Waals surface area contributed by atoms with Crippen molar-refractivity contribution < 1.29 is 4.74 Å². The third kappa shape index (κ3) is 6.52. The summed E-state index contributed by atoms with van der Waals surface area (Å²) in [6.07, 6.45) is 5.08. The van der Waals surface area contributed by atoms with Crippen LogP contribution in [-0.4, -0.2) is 31.1 Å². The summed E-state index contributed by atoms with van der Waals surface area (Å²) in [5, 5.41) is 3.47. The highest BCUT2D eigenvalue weighted by molar-refractivity contribution is 5.28. The molecule has 3 nitrogen and oxygen atoms in total. The molecule has 0 radical (unpaired) electrons. The van der Waals surface area contributed by atoms with Gasteiger partial charge in [-0.1, -0.05) is 48.9 Å². The lowest BCUT2D eigenvalue weighted by atomic mass is 10.1. The van der Waals surface area contributed by atoms with Gasteiger partial charge < -0.3 is 10.1 Å². The number of rotatable bonds is 9. The minimum atomic E-state index is 0.759. The standard InChI is InChI=1S/C22H30N2O/c1-3-9-20(10-4-1)18-23-13-8-16-25-22-12-7-11-21(17-22)19-24-14-5-2-6-15-24/h1,3-4,7,9-12,17,23H,2,5-6,8,13-16,18-19H2. The van der Waals surface area contributed by atoms with E-state index in [9.17, 15) is 0 Å². The second-order valence-corrected chi connectivity index (χ2v) is 6.85. The molecule has 1 aliphatic heterocycles. The Morgan fingerprint density at radius 2 is 1.68 bits per heavy atom. The third-order valence-corrected chi connectivity index (χ3v) is 4.69. The quantitative estimate of drug-likeness (QED) is 0.693. The molecule has 2 aromatic carbocycles. The predicted molar refractivity (Wildman–Crippen MR) is 104 cm³/mol. The highest BCUT2D eigenvalue weighted by Crippen LogP contribution is 2.17. The molecule has 0 unspecified atom stereocenters. The van der Waals surface area contributed by atoms with Crippen LogP contribution in [0.3, 0.4) is 0 Å². The Hall–Kier alpha value is -1.84. The average molecular weight is 338 g/mol. The third-order valence-electron chi connectivity index (χ3n) is 4.69. The maximum atomic E-state index is 5.93. The van der Waals surface area contributed by atoms with Crippen LogP contribution in [0.25, 0.3) is 0 Å². The Labute approximate surface area is 152 Å². The van der Waals surface area contributed by atoms with Crippen molar-refractivity contribution in [3.8, 4) is 5.75 Å². The fourth-order valence-corrected chi connectivity index (χ4v) is 3.33. The van der Waals surface area contributed by atoms with Gasteiger partial charge in [0.25, 0.3) is 0 Å². The van der Waals surface area contributed by atoms with Gasteiger partial charge in [0, 0.05) is 13.1 Å². The van der Waals surface area contributed by atoms with E-state index in [4.69, 9.17) is 4.74 Å². The maximum Gasteiger partial charge on any atom is 0.119 e. The van der Waals surface area contributed by atoms with Crippen LogP contribution in [0.4, 0.5) is 0 Å². The second kappa shape index (κ2) is 10.2. The Morgan fingerprint density at radius 1 is 0.880 bits per heavy atom. The van der Waals surface area contributed by atoms with E-state index in [1.54, 1.807) is 0 Å². The topological polar surface area (TPSA) is 24.5 Å². The number of nitrogens with zero attached hydrogens (tertiary/aromatic N) is 1. The molecule has 1 heterocycles. The summed E-state index contributed by atoms with van der Waals surface area (Å²) in [7, 11) is 0. The molecule has 0 spiro atoms. The van der Waals surface area contributed by atoms with Gasteiger partial charge in [-0.05, 0) is 62.2 Å². The zero-order valence-corrected chi connectivity index (χ0v) is 15.1. The van der Waals surface area contributed by atoms with E-state index in [0.717, 1.165) is 38.4 Å². The van der Waals surface area contributed by atoms with Gasteiger partial charge >= 0.3 is 0 Å². The SMILES string of the molecule is c1ccc(CNCCCOc2cccc(CN3CCCCC3)c2)cc1. The molecule has 0 aliphatic carbocycles. The molecule has 0 atom stereocenters. The van der Waals surface area contributed by atoms with Crippen LogP contribution < -0.4 is 10.1 Å². The molecule has 0 amide bonds. The highest BCUT2D eigenvalue weighted by atomic mass is 16.5. The van der Waals surface area contributed by atoms with E-state index in [1.165, 1.54) is 43.5 Å². The van der Waals surface area contributed by atoms with Gasteiger partial charge in [-0.3, -0.25) is 4.90 Å². The number of piperidine rings is 1. The first-order valence-electron chi connectivity index (χ1n) is 9.59. The first kappa shape index (κ1) is 18.0. The zero-order chi connectivity index (χ0) is 17.2. The monoisotopic (exact) mass is 338 g/mol. The summed E-state index contributed by atoms with van der Waals surface area (Å²) < 4.78 is 5.93. The van der Waals surface area contributed by atoms with Crippen molar-refractivity contribution in [1.29, 1.82) is 0 Å². The zero-order valence-electron chi connectivity index (χ0n) is 15.1. The van der Waals surface area contributed by atoms with Crippen LogP contribution >= 0.6 is 0 Å². The Morgan fingerprint density at radius 3 is 2.52 bits per heavy atom. The van der Waals surface area contributed by atoms with Gasteiger partial charge in [-0.2, -0.15) is 0 Å². The molecule has 3 rings (SSSR count). The first-order valence-corrected chi connectivity index (χ1v) is 9.59. The van der Waals surface area contributed by atoms with Crippen LogP contribution in [0, 0.1) is 0 Å². The predicted octanol–water partition coefficient (Wildman–Crippen LogP) is 4.23. The van der Waals surface area contributed by atoms with Gasteiger partial charge in [-0.15, -0.1) is 0 Å². The van der Waals surface area contributed by atoms with Crippen LogP contribution in [-0.2, 0) is 13.1 Å². The number of ether oxygens (including phenoxy) is 1. The molecule has 1 fully saturated rings. The van der Waals surface area contributed by atoms with Crippen LogP contribution in [0.2, 0.25) is 0 Å². The molecule has 25 heavy (non-hydrogen) atoms. The fraction of sp³-hybridized carbons (Fsp3) is 0.455. The van der Waals surface area contributed by atoms with Gasteiger partial charge in [0.15, 0.2) is 0 Å². The van der Waals surface area contributed by atoms with Gasteiger partial charge in [0.05, 0.1) is 6.61 Å². The van der Waals surface area contributed by atoms with E-state index in [0.29, 0.717) is 0 Å². The molecule has 1 N–H and O–H groups in total. The van der Waals surface area contributed by atoms with Crippen molar-refractivity contribution in [1.82, 2.24) is 10.2 Å². The van der Waals surface area contributed by atoms with E-state index >= 15 is 0 Å². The largest absolute Gasteiger partial charge is 0.494 e. The molecular formula is C22H30N2O. The molecule has 0 saturated carbocycles. The molecule has 2 aromatic rings. The van der Waals surface area contributed by atoms with E-state index in [-0.39, 0.29) is 0 Å². The summed E-state index contributed by atoms with van der Waals surface area (Å²) in [6.45, 7) is 6.18. The molecule has 0 bridgehead atoms. The summed E-state index contributed by atoms with van der Waals surface area (Å²) in [6, 6.07) is 19.1. The first-order chi connectivity index (χ1) is 12.4. The summed E-state index contributed by atoms with van der Waals surface area (Å²) in [5.74, 6) is 0.998. The number of hydrogen-bond donors (Lipinski definition) is 1. The molecule has 3 heteroatoms. The molecule has 134 valence electrons. The van der Waals surface area contributed by atoms with E-state index in [2.05, 4.69) is 64.8 Å². The Kier molecular flexibility index (Phi) is 7.34. The molecular weight excluding hydrogens is 308 g/mol.